The molecule has 0 radical (unpaired) electrons. The first-order valence-electron chi connectivity index (χ1n) is 6.79. The molecule has 0 aromatic carbocycles. The van der Waals surface area contributed by atoms with E-state index in [-0.39, 0.29) is 0 Å². The van der Waals surface area contributed by atoms with E-state index in [9.17, 15) is 0 Å². The number of rotatable bonds is 6. The molecule has 110 valence electrons. The normalized spacial score (nSPS) is 11.9. The number of hydrogen-bond acceptors (Lipinski definition) is 3. The van der Waals surface area contributed by atoms with E-state index in [4.69, 9.17) is 23.2 Å². The monoisotopic (exact) mass is 314 g/mol. The Balaban J connectivity index is 2.16. The topological polar surface area (TPSA) is 34.0 Å². The number of alkyl halides is 1. The van der Waals surface area contributed by atoms with E-state index in [1.807, 2.05) is 6.07 Å². The summed E-state index contributed by atoms with van der Waals surface area (Å²) in [6.45, 7) is 6.29. The first kappa shape index (κ1) is 15.5. The van der Waals surface area contributed by atoms with Gasteiger partial charge in [-0.15, -0.1) is 11.6 Å². The van der Waals surface area contributed by atoms with E-state index in [0.717, 1.165) is 36.5 Å². The van der Waals surface area contributed by atoms with Crippen molar-refractivity contribution in [3.05, 3.63) is 23.1 Å². The molecule has 0 bridgehead atoms. The number of hydrogen-bond donors (Lipinski definition) is 0. The Morgan fingerprint density at radius 1 is 1.40 bits per heavy atom. The Labute approximate surface area is 129 Å². The molecule has 0 aliphatic rings. The van der Waals surface area contributed by atoms with E-state index < -0.39 is 0 Å². The van der Waals surface area contributed by atoms with Crippen LogP contribution in [0.15, 0.2) is 12.3 Å². The molecule has 20 heavy (non-hydrogen) atoms. The van der Waals surface area contributed by atoms with Gasteiger partial charge in [0.05, 0.1) is 10.9 Å². The average molecular weight is 315 g/mol. The molecule has 0 saturated carbocycles. The zero-order valence-electron chi connectivity index (χ0n) is 12.1. The largest absolute Gasteiger partial charge is 0.312 e. The number of aryl methyl sites for hydroxylation is 1. The van der Waals surface area contributed by atoms with Gasteiger partial charge in [0.25, 0.3) is 0 Å². The predicted octanol–water partition coefficient (Wildman–Crippen LogP) is 3.55. The van der Waals surface area contributed by atoms with Crippen LogP contribution < -0.4 is 0 Å². The van der Waals surface area contributed by atoms with Gasteiger partial charge in [-0.1, -0.05) is 11.6 Å². The standard InChI is InChI=1S/C14H20Cl2N4/c1-10(2)19(3)5-4-6-20-13(8-15)18-12-7-11(16)9-17-14(12)20/h7,9-10H,4-6,8H2,1-3H3. The van der Waals surface area contributed by atoms with E-state index in [0.29, 0.717) is 16.9 Å². The summed E-state index contributed by atoms with van der Waals surface area (Å²) in [5.74, 6) is 1.23. The number of imidazole rings is 1. The third-order valence-corrected chi connectivity index (χ3v) is 3.97. The summed E-state index contributed by atoms with van der Waals surface area (Å²) in [5, 5.41) is 0.600. The van der Waals surface area contributed by atoms with Crippen molar-refractivity contribution in [2.75, 3.05) is 13.6 Å². The third kappa shape index (κ3) is 3.43. The maximum Gasteiger partial charge on any atom is 0.160 e. The summed E-state index contributed by atoms with van der Waals surface area (Å²) >= 11 is 11.9. The zero-order chi connectivity index (χ0) is 14.7. The summed E-state index contributed by atoms with van der Waals surface area (Å²) in [5.41, 5.74) is 1.67. The highest BCUT2D eigenvalue weighted by Crippen LogP contribution is 2.19. The van der Waals surface area contributed by atoms with Crippen molar-refractivity contribution < 1.29 is 0 Å². The number of fused-ring (bicyclic) bond motifs is 1. The fraction of sp³-hybridized carbons (Fsp3) is 0.571. The lowest BCUT2D eigenvalue weighted by molar-refractivity contribution is 0.265. The minimum absolute atomic E-state index is 0.383. The Hall–Kier alpha value is -0.840. The van der Waals surface area contributed by atoms with Gasteiger partial charge >= 0.3 is 0 Å². The molecular formula is C14H20Cl2N4. The van der Waals surface area contributed by atoms with Gasteiger partial charge in [0.15, 0.2) is 5.65 Å². The number of pyridine rings is 1. The van der Waals surface area contributed by atoms with Crippen molar-refractivity contribution >= 4 is 34.4 Å². The SMILES string of the molecule is CC(C)N(C)CCCn1c(CCl)nc2cc(Cl)cnc21. The maximum absolute atomic E-state index is 5.98. The van der Waals surface area contributed by atoms with Crippen LogP contribution in [0.2, 0.25) is 5.02 Å². The summed E-state index contributed by atoms with van der Waals surface area (Å²) in [6, 6.07) is 2.38. The van der Waals surface area contributed by atoms with Crippen LogP contribution >= 0.6 is 23.2 Å². The van der Waals surface area contributed by atoms with Crippen LogP contribution in [-0.4, -0.2) is 39.1 Å². The molecule has 4 nitrogen and oxygen atoms in total. The van der Waals surface area contributed by atoms with Crippen molar-refractivity contribution in [2.24, 2.45) is 0 Å². The quantitative estimate of drug-likeness (QED) is 0.765. The van der Waals surface area contributed by atoms with Crippen molar-refractivity contribution in [1.82, 2.24) is 19.4 Å². The second kappa shape index (κ2) is 6.74. The highest BCUT2D eigenvalue weighted by Gasteiger charge is 2.12. The third-order valence-electron chi connectivity index (χ3n) is 3.52. The molecule has 0 amide bonds. The highest BCUT2D eigenvalue weighted by molar-refractivity contribution is 6.31. The Morgan fingerprint density at radius 3 is 2.80 bits per heavy atom. The molecule has 0 atom stereocenters. The van der Waals surface area contributed by atoms with Gasteiger partial charge in [-0.25, -0.2) is 9.97 Å². The number of nitrogens with zero attached hydrogens (tertiary/aromatic N) is 4. The zero-order valence-corrected chi connectivity index (χ0v) is 13.6. The molecule has 2 aromatic heterocycles. The molecule has 0 saturated heterocycles. The fourth-order valence-corrected chi connectivity index (χ4v) is 2.46. The van der Waals surface area contributed by atoms with Crippen LogP contribution in [0.5, 0.6) is 0 Å². The van der Waals surface area contributed by atoms with Gasteiger partial charge in [-0.2, -0.15) is 0 Å². The average Bonchev–Trinajstić information content (AvgIpc) is 2.75. The number of halogens is 2. The van der Waals surface area contributed by atoms with Crippen molar-refractivity contribution in [2.45, 2.75) is 38.7 Å². The van der Waals surface area contributed by atoms with Gasteiger partial charge < -0.3 is 9.47 Å². The second-order valence-electron chi connectivity index (χ2n) is 5.24. The van der Waals surface area contributed by atoms with E-state index in [1.54, 1.807) is 6.20 Å². The van der Waals surface area contributed by atoms with Crippen LogP contribution in [0.1, 0.15) is 26.1 Å². The molecule has 0 aliphatic carbocycles. The molecule has 2 rings (SSSR count). The van der Waals surface area contributed by atoms with Crippen molar-refractivity contribution in [1.29, 1.82) is 0 Å². The van der Waals surface area contributed by atoms with Crippen LogP contribution in [0.25, 0.3) is 11.2 Å². The first-order chi connectivity index (χ1) is 9.52. The molecular weight excluding hydrogens is 295 g/mol. The fourth-order valence-electron chi connectivity index (χ4n) is 2.11. The molecule has 2 heterocycles. The summed E-state index contributed by atoms with van der Waals surface area (Å²) in [6.07, 6.45) is 2.69. The van der Waals surface area contributed by atoms with Crippen LogP contribution in [0, 0.1) is 0 Å². The van der Waals surface area contributed by atoms with Gasteiger partial charge in [-0.05, 0) is 39.9 Å². The molecule has 2 aromatic rings. The lowest BCUT2D eigenvalue weighted by Gasteiger charge is -2.21. The summed E-state index contributed by atoms with van der Waals surface area (Å²) in [4.78, 5) is 11.2. The van der Waals surface area contributed by atoms with Gasteiger partial charge in [0.1, 0.15) is 11.3 Å². The Morgan fingerprint density at radius 2 is 2.15 bits per heavy atom. The van der Waals surface area contributed by atoms with E-state index in [2.05, 4.69) is 40.3 Å². The lowest BCUT2D eigenvalue weighted by Crippen LogP contribution is -2.28. The minimum atomic E-state index is 0.383. The van der Waals surface area contributed by atoms with Gasteiger partial charge in [0, 0.05) is 18.8 Å². The smallest absolute Gasteiger partial charge is 0.160 e. The molecule has 0 aliphatic heterocycles. The highest BCUT2D eigenvalue weighted by atomic mass is 35.5. The van der Waals surface area contributed by atoms with Crippen LogP contribution in [0.3, 0.4) is 0 Å². The summed E-state index contributed by atoms with van der Waals surface area (Å²) < 4.78 is 2.09. The first-order valence-corrected chi connectivity index (χ1v) is 7.71. The Bertz CT molecular complexity index is 580. The summed E-state index contributed by atoms with van der Waals surface area (Å²) in [7, 11) is 2.14. The van der Waals surface area contributed by atoms with E-state index in [1.165, 1.54) is 0 Å². The molecule has 0 fully saturated rings. The lowest BCUT2D eigenvalue weighted by atomic mass is 10.3. The Kier molecular flexibility index (Phi) is 5.24. The molecule has 0 unspecified atom stereocenters. The van der Waals surface area contributed by atoms with Crippen LogP contribution in [0.4, 0.5) is 0 Å². The maximum atomic E-state index is 5.98. The van der Waals surface area contributed by atoms with E-state index >= 15 is 0 Å². The predicted molar refractivity (Wildman–Crippen MR) is 84.5 cm³/mol. The molecule has 0 N–H and O–H groups in total. The minimum Gasteiger partial charge on any atom is -0.312 e. The molecule has 0 spiro atoms. The number of aromatic nitrogens is 3. The molecule has 6 heteroatoms. The van der Waals surface area contributed by atoms with Gasteiger partial charge in [0.2, 0.25) is 0 Å². The second-order valence-corrected chi connectivity index (χ2v) is 5.94. The van der Waals surface area contributed by atoms with Crippen molar-refractivity contribution in [3.8, 4) is 0 Å². The van der Waals surface area contributed by atoms with Crippen molar-refractivity contribution in [3.63, 3.8) is 0 Å². The van der Waals surface area contributed by atoms with Gasteiger partial charge in [-0.3, -0.25) is 0 Å². The van der Waals surface area contributed by atoms with Crippen LogP contribution in [-0.2, 0) is 12.4 Å².